The first-order valence-corrected chi connectivity index (χ1v) is 20.4. The van der Waals surface area contributed by atoms with Gasteiger partial charge < -0.3 is 35.2 Å². The number of nitrogens with one attached hydrogen (secondary N) is 2. The van der Waals surface area contributed by atoms with E-state index >= 15 is 0 Å². The monoisotopic (exact) mass is 781 g/mol. The summed E-state index contributed by atoms with van der Waals surface area (Å²) in [4.78, 5) is 58.8. The zero-order chi connectivity index (χ0) is 39.1. The Balaban J connectivity index is 0.895. The standard InChI is InChI=1S/C40H60ClN9O5/c1-28-23-33(51)36-35(28)37(45-27-44-36)48-19-21-49(22-20-48)38(53)32(30-5-7-31(41)8-6-30)24-42-11-12-43-34(52)26-46-13-9-29(10-14-46)25-47-15-17-50(18-16-47)39(54)55-40(2,3)4/h5-8,27-29,32-33,42,51H,9-26H2,1-4H3,(H,43,52)/t28-,32-,33?/m1/s1. The second-order valence-electron chi connectivity index (χ2n) is 16.6. The van der Waals surface area contributed by atoms with Gasteiger partial charge in [-0.3, -0.25) is 19.4 Å². The van der Waals surface area contributed by atoms with Gasteiger partial charge in [-0.15, -0.1) is 0 Å². The van der Waals surface area contributed by atoms with E-state index in [1.54, 1.807) is 4.90 Å². The van der Waals surface area contributed by atoms with E-state index in [0.29, 0.717) is 82.8 Å². The second kappa shape index (κ2) is 18.6. The molecule has 0 radical (unpaired) electrons. The van der Waals surface area contributed by atoms with Crippen LogP contribution in [0.5, 0.6) is 0 Å². The van der Waals surface area contributed by atoms with Crippen LogP contribution in [-0.4, -0.2) is 156 Å². The lowest BCUT2D eigenvalue weighted by molar-refractivity contribution is -0.133. The van der Waals surface area contributed by atoms with Gasteiger partial charge >= 0.3 is 6.09 Å². The number of amides is 3. The number of nitrogens with zero attached hydrogens (tertiary/aromatic N) is 7. The summed E-state index contributed by atoms with van der Waals surface area (Å²) in [7, 11) is 0. The molecule has 1 aromatic carbocycles. The molecule has 3 aliphatic heterocycles. The Labute approximate surface area is 330 Å². The molecule has 3 amide bonds. The van der Waals surface area contributed by atoms with Crippen LogP contribution in [0.3, 0.4) is 0 Å². The average molecular weight is 782 g/mol. The van der Waals surface area contributed by atoms with Crippen LogP contribution < -0.4 is 15.5 Å². The minimum atomic E-state index is -0.557. The lowest BCUT2D eigenvalue weighted by Crippen LogP contribution is -2.51. The zero-order valence-corrected chi connectivity index (χ0v) is 33.8. The van der Waals surface area contributed by atoms with Crippen molar-refractivity contribution in [2.45, 2.75) is 70.5 Å². The lowest BCUT2D eigenvalue weighted by atomic mass is 9.96. The molecular formula is C40H60ClN9O5. The topological polar surface area (TPSA) is 147 Å². The number of anilines is 1. The van der Waals surface area contributed by atoms with E-state index < -0.39 is 17.6 Å². The largest absolute Gasteiger partial charge is 0.444 e. The van der Waals surface area contributed by atoms with Gasteiger partial charge in [0.15, 0.2) is 0 Å². The SMILES string of the molecule is C[C@@H]1CC(O)c2ncnc(N3CCN(C(=O)[C@H](CNCCNC(=O)CN4CCC(CN5CCN(C(=O)OC(C)(C)C)CC5)CC4)c4ccc(Cl)cc4)CC3)c21. The second-order valence-corrected chi connectivity index (χ2v) is 17.0. The number of aliphatic hydroxyl groups excluding tert-OH is 1. The van der Waals surface area contributed by atoms with E-state index in [1.807, 2.05) is 49.9 Å². The summed E-state index contributed by atoms with van der Waals surface area (Å²) < 4.78 is 5.53. The average Bonchev–Trinajstić information content (AvgIpc) is 3.46. The summed E-state index contributed by atoms with van der Waals surface area (Å²) in [6.07, 6.45) is 3.51. The highest BCUT2D eigenvalue weighted by molar-refractivity contribution is 6.30. The van der Waals surface area contributed by atoms with E-state index in [1.165, 1.54) is 6.33 Å². The first kappa shape index (κ1) is 41.1. The predicted octanol–water partition coefficient (Wildman–Crippen LogP) is 3.07. The minimum absolute atomic E-state index is 0.0138. The smallest absolute Gasteiger partial charge is 0.410 e. The van der Waals surface area contributed by atoms with E-state index in [4.69, 9.17) is 16.3 Å². The third-order valence-corrected chi connectivity index (χ3v) is 11.6. The molecule has 3 fully saturated rings. The van der Waals surface area contributed by atoms with Crippen LogP contribution in [0, 0.1) is 5.92 Å². The molecule has 1 aliphatic carbocycles. The number of hydrogen-bond donors (Lipinski definition) is 3. The fourth-order valence-corrected chi connectivity index (χ4v) is 8.41. The molecule has 4 aliphatic rings. The number of halogens is 1. The van der Waals surface area contributed by atoms with E-state index in [-0.39, 0.29) is 23.8 Å². The van der Waals surface area contributed by atoms with Crippen LogP contribution in [0.4, 0.5) is 10.6 Å². The van der Waals surface area contributed by atoms with E-state index in [9.17, 15) is 19.5 Å². The Morgan fingerprint density at radius 1 is 0.909 bits per heavy atom. The summed E-state index contributed by atoms with van der Waals surface area (Å²) >= 11 is 6.20. The van der Waals surface area contributed by atoms with Gasteiger partial charge in [0.1, 0.15) is 17.7 Å². The Bertz CT molecular complexity index is 1600. The molecule has 14 nitrogen and oxygen atoms in total. The van der Waals surface area contributed by atoms with Gasteiger partial charge in [0, 0.05) is 89.1 Å². The van der Waals surface area contributed by atoms with Gasteiger partial charge in [0.05, 0.1) is 24.3 Å². The number of rotatable bonds is 12. The molecule has 302 valence electrons. The van der Waals surface area contributed by atoms with Gasteiger partial charge in [-0.25, -0.2) is 14.8 Å². The van der Waals surface area contributed by atoms with Crippen LogP contribution in [0.2, 0.25) is 5.02 Å². The van der Waals surface area contributed by atoms with Gasteiger partial charge in [0.25, 0.3) is 0 Å². The first-order valence-electron chi connectivity index (χ1n) is 20.1. The molecule has 3 N–H and O–H groups in total. The van der Waals surface area contributed by atoms with Gasteiger partial charge in [-0.05, 0) is 82.7 Å². The van der Waals surface area contributed by atoms with Crippen LogP contribution in [0.15, 0.2) is 30.6 Å². The van der Waals surface area contributed by atoms with Crippen LogP contribution >= 0.6 is 11.6 Å². The summed E-state index contributed by atoms with van der Waals surface area (Å²) in [6.45, 7) is 18.0. The number of carbonyl (C=O) groups excluding carboxylic acids is 3. The molecule has 0 bridgehead atoms. The molecule has 55 heavy (non-hydrogen) atoms. The maximum atomic E-state index is 14.0. The minimum Gasteiger partial charge on any atom is -0.444 e. The summed E-state index contributed by atoms with van der Waals surface area (Å²) in [6, 6.07) is 7.46. The van der Waals surface area contributed by atoms with Crippen LogP contribution in [0.1, 0.15) is 81.7 Å². The molecule has 15 heteroatoms. The predicted molar refractivity (Wildman–Crippen MR) is 212 cm³/mol. The molecule has 1 unspecified atom stereocenters. The van der Waals surface area contributed by atoms with Crippen LogP contribution in [-0.2, 0) is 14.3 Å². The molecular weight excluding hydrogens is 722 g/mol. The molecule has 0 saturated carbocycles. The first-order chi connectivity index (χ1) is 26.3. The molecule has 0 spiro atoms. The summed E-state index contributed by atoms with van der Waals surface area (Å²) in [5.74, 6) is 1.32. The number of aromatic nitrogens is 2. The van der Waals surface area contributed by atoms with Crippen molar-refractivity contribution in [3.05, 3.63) is 52.4 Å². The Hall–Kier alpha value is -3.56. The lowest BCUT2D eigenvalue weighted by Gasteiger charge is -2.39. The number of carbonyl (C=O) groups is 3. The quantitative estimate of drug-likeness (QED) is 0.273. The number of benzene rings is 1. The number of hydrogen-bond acceptors (Lipinski definition) is 11. The number of aliphatic hydroxyl groups is 1. The van der Waals surface area contributed by atoms with Crippen molar-refractivity contribution in [1.29, 1.82) is 0 Å². The van der Waals surface area contributed by atoms with E-state index in [0.717, 1.165) is 68.2 Å². The van der Waals surface area contributed by atoms with Gasteiger partial charge in [-0.1, -0.05) is 30.7 Å². The highest BCUT2D eigenvalue weighted by Gasteiger charge is 2.35. The number of piperazine rings is 2. The van der Waals surface area contributed by atoms with Crippen molar-refractivity contribution in [3.8, 4) is 0 Å². The van der Waals surface area contributed by atoms with Crippen molar-refractivity contribution >= 4 is 35.3 Å². The van der Waals surface area contributed by atoms with Crippen molar-refractivity contribution in [1.82, 2.24) is 40.2 Å². The van der Waals surface area contributed by atoms with Crippen LogP contribution in [0.25, 0.3) is 0 Å². The Morgan fingerprint density at radius 2 is 1.58 bits per heavy atom. The molecule has 3 atom stereocenters. The van der Waals surface area contributed by atoms with Crippen molar-refractivity contribution in [2.24, 2.45) is 5.92 Å². The highest BCUT2D eigenvalue weighted by atomic mass is 35.5. The molecule has 6 rings (SSSR count). The zero-order valence-electron chi connectivity index (χ0n) is 33.0. The molecule has 1 aromatic heterocycles. The number of likely N-dealkylation sites (tertiary alicyclic amines) is 1. The highest BCUT2D eigenvalue weighted by Crippen LogP contribution is 2.42. The Kier molecular flexibility index (Phi) is 13.9. The molecule has 3 saturated heterocycles. The normalized spacial score (nSPS) is 22.0. The number of ether oxygens (including phenoxy) is 1. The molecule has 2 aromatic rings. The summed E-state index contributed by atoms with van der Waals surface area (Å²) in [5.41, 5.74) is 2.17. The summed E-state index contributed by atoms with van der Waals surface area (Å²) in [5, 5.41) is 17.5. The van der Waals surface area contributed by atoms with Gasteiger partial charge in [0.2, 0.25) is 11.8 Å². The number of fused-ring (bicyclic) bond motifs is 1. The van der Waals surface area contributed by atoms with Crippen molar-refractivity contribution < 1.29 is 24.2 Å². The van der Waals surface area contributed by atoms with Gasteiger partial charge in [-0.2, -0.15) is 0 Å². The maximum Gasteiger partial charge on any atom is 0.410 e. The maximum absolute atomic E-state index is 14.0. The third kappa shape index (κ3) is 11.1. The van der Waals surface area contributed by atoms with Crippen molar-refractivity contribution in [3.63, 3.8) is 0 Å². The fourth-order valence-electron chi connectivity index (χ4n) is 8.28. The van der Waals surface area contributed by atoms with Crippen molar-refractivity contribution in [2.75, 3.05) is 103 Å². The Morgan fingerprint density at radius 3 is 2.25 bits per heavy atom. The third-order valence-electron chi connectivity index (χ3n) is 11.3. The fraction of sp³-hybridized carbons (Fsp3) is 0.675. The number of piperidine rings is 1. The van der Waals surface area contributed by atoms with E-state index in [2.05, 4.69) is 42.2 Å². The molecule has 4 heterocycles.